The molecule has 2 aromatic heterocycles. The van der Waals surface area contributed by atoms with Gasteiger partial charge in [0.1, 0.15) is 0 Å². The Kier molecular flexibility index (Phi) is 5.32. The van der Waals surface area contributed by atoms with Crippen LogP contribution in [0.4, 0.5) is 0 Å². The molecule has 0 saturated carbocycles. The number of nitrogens with zero attached hydrogens (tertiary/aromatic N) is 3. The van der Waals surface area contributed by atoms with Crippen LogP contribution >= 0.6 is 0 Å². The van der Waals surface area contributed by atoms with E-state index in [1.54, 1.807) is 4.68 Å². The summed E-state index contributed by atoms with van der Waals surface area (Å²) in [6.07, 6.45) is 9.37. The Morgan fingerprint density at radius 3 is 2.80 bits per heavy atom. The third kappa shape index (κ3) is 3.64. The average Bonchev–Trinajstić information content (AvgIpc) is 3.38. The van der Waals surface area contributed by atoms with Crippen LogP contribution in [-0.2, 0) is 6.54 Å². The molecule has 1 saturated heterocycles. The predicted molar refractivity (Wildman–Crippen MR) is 122 cm³/mol. The van der Waals surface area contributed by atoms with E-state index in [9.17, 15) is 5.11 Å². The van der Waals surface area contributed by atoms with Crippen molar-refractivity contribution in [2.24, 2.45) is 0 Å². The minimum atomic E-state index is 0.216. The summed E-state index contributed by atoms with van der Waals surface area (Å²) in [5, 5.41) is 10.7. The summed E-state index contributed by atoms with van der Waals surface area (Å²) in [4.78, 5) is 7.30. The third-order valence-electron chi connectivity index (χ3n) is 6.66. The van der Waals surface area contributed by atoms with Gasteiger partial charge in [-0.15, -0.1) is 0 Å². The lowest BCUT2D eigenvalue weighted by Gasteiger charge is -2.22. The zero-order chi connectivity index (χ0) is 20.5. The number of aromatic nitrogens is 2. The molecule has 3 N–H and O–H groups in total. The van der Waals surface area contributed by atoms with E-state index in [2.05, 4.69) is 53.4 Å². The predicted octanol–water partition coefficient (Wildman–Crippen LogP) is 4.33. The van der Waals surface area contributed by atoms with Crippen LogP contribution in [0.5, 0.6) is 0 Å². The van der Waals surface area contributed by atoms with E-state index >= 15 is 0 Å². The van der Waals surface area contributed by atoms with Gasteiger partial charge in [0.15, 0.2) is 0 Å². The van der Waals surface area contributed by atoms with Gasteiger partial charge in [-0.1, -0.05) is 18.2 Å². The molecule has 5 nitrogen and oxygen atoms in total. The van der Waals surface area contributed by atoms with Crippen molar-refractivity contribution >= 4 is 16.5 Å². The van der Waals surface area contributed by atoms with Gasteiger partial charge in [-0.25, -0.2) is 4.98 Å². The third-order valence-corrected chi connectivity index (χ3v) is 6.66. The molecular weight excluding hydrogens is 372 g/mol. The van der Waals surface area contributed by atoms with Crippen LogP contribution in [-0.4, -0.2) is 38.9 Å². The lowest BCUT2D eigenvalue weighted by Crippen LogP contribution is -2.33. The molecule has 3 heterocycles. The van der Waals surface area contributed by atoms with Gasteiger partial charge in [0, 0.05) is 23.5 Å². The lowest BCUT2D eigenvalue weighted by molar-refractivity contribution is 0.152. The van der Waals surface area contributed by atoms with Crippen LogP contribution in [0.3, 0.4) is 0 Å². The summed E-state index contributed by atoms with van der Waals surface area (Å²) in [5.74, 6) is 6.42. The first-order valence-corrected chi connectivity index (χ1v) is 11.1. The fourth-order valence-corrected chi connectivity index (χ4v) is 4.94. The van der Waals surface area contributed by atoms with Crippen LogP contribution in [0.25, 0.3) is 27.7 Å². The normalized spacial score (nSPS) is 20.0. The summed E-state index contributed by atoms with van der Waals surface area (Å²) in [6, 6.07) is 15.2. The number of hydrogen-bond donors (Lipinski definition) is 2. The number of nitrogen functional groups attached to an aromatic ring is 1. The van der Waals surface area contributed by atoms with Crippen molar-refractivity contribution in [3.05, 3.63) is 59.9 Å². The smallest absolute Gasteiger partial charge is 0.0709 e. The summed E-state index contributed by atoms with van der Waals surface area (Å²) < 4.78 is 1.79. The number of aliphatic hydroxyl groups excluding tert-OH is 1. The number of allylic oxidation sites excluding steroid dienone is 2. The van der Waals surface area contributed by atoms with Crippen molar-refractivity contribution in [1.29, 1.82) is 0 Å². The molecule has 0 spiro atoms. The quantitative estimate of drug-likeness (QED) is 0.623. The fraction of sp³-hybridized carbons (Fsp3) is 0.400. The van der Waals surface area contributed by atoms with Crippen molar-refractivity contribution in [2.45, 2.75) is 51.1 Å². The first kappa shape index (κ1) is 19.3. The van der Waals surface area contributed by atoms with Gasteiger partial charge in [0.05, 0.1) is 29.2 Å². The Hall–Kier alpha value is -2.63. The van der Waals surface area contributed by atoms with E-state index in [1.165, 1.54) is 18.4 Å². The summed E-state index contributed by atoms with van der Waals surface area (Å²) in [6.45, 7) is 2.01. The minimum absolute atomic E-state index is 0.216. The maximum atomic E-state index is 9.61. The molecule has 2 aliphatic rings. The van der Waals surface area contributed by atoms with Crippen LogP contribution < -0.4 is 5.84 Å². The Morgan fingerprint density at radius 1 is 1.07 bits per heavy atom. The first-order chi connectivity index (χ1) is 14.7. The number of nitrogens with two attached hydrogens (primary N) is 1. The zero-order valence-electron chi connectivity index (χ0n) is 17.4. The van der Waals surface area contributed by atoms with E-state index in [1.807, 2.05) is 0 Å². The Morgan fingerprint density at radius 2 is 1.97 bits per heavy atom. The molecule has 1 aromatic carbocycles. The molecule has 156 valence electrons. The van der Waals surface area contributed by atoms with E-state index in [0.717, 1.165) is 72.3 Å². The Bertz CT molecular complexity index is 1080. The van der Waals surface area contributed by atoms with E-state index in [0.29, 0.717) is 0 Å². The second-order valence-corrected chi connectivity index (χ2v) is 8.61. The monoisotopic (exact) mass is 402 g/mol. The van der Waals surface area contributed by atoms with Gasteiger partial charge >= 0.3 is 0 Å². The SMILES string of the molecule is Nn1c(CN2CCCC2CO)cc2cc(-c3cccc(C4=CCCCC4)n3)ccc21. The Labute approximate surface area is 177 Å². The number of benzene rings is 1. The highest BCUT2D eigenvalue weighted by molar-refractivity contribution is 5.86. The first-order valence-electron chi connectivity index (χ1n) is 11.1. The van der Waals surface area contributed by atoms with Crippen molar-refractivity contribution in [2.75, 3.05) is 19.0 Å². The van der Waals surface area contributed by atoms with Gasteiger partial charge in [-0.2, -0.15) is 0 Å². The number of rotatable bonds is 5. The van der Waals surface area contributed by atoms with E-state index < -0.39 is 0 Å². The molecular formula is C25H30N4O. The molecule has 5 rings (SSSR count). The van der Waals surface area contributed by atoms with Crippen molar-refractivity contribution in [3.8, 4) is 11.3 Å². The molecule has 1 aliphatic heterocycles. The highest BCUT2D eigenvalue weighted by atomic mass is 16.3. The van der Waals surface area contributed by atoms with Gasteiger partial charge in [-0.05, 0) is 81.0 Å². The number of hydrogen-bond acceptors (Lipinski definition) is 4. The number of fused-ring (bicyclic) bond motifs is 1. The number of aliphatic hydroxyl groups is 1. The van der Waals surface area contributed by atoms with Crippen molar-refractivity contribution < 1.29 is 5.11 Å². The summed E-state index contributed by atoms with van der Waals surface area (Å²) in [7, 11) is 0. The fourth-order valence-electron chi connectivity index (χ4n) is 4.94. The second-order valence-electron chi connectivity index (χ2n) is 8.61. The number of likely N-dealkylation sites (tertiary alicyclic amines) is 1. The standard InChI is InChI=1S/C25H30N4O/c26-29-22(16-28-13-5-8-21(28)17-30)15-20-14-19(11-12-25(20)29)24-10-4-9-23(27-24)18-6-2-1-3-7-18/h4,6,9-12,14-15,21,30H,1-3,5,7-8,13,16-17,26H2. The molecule has 0 amide bonds. The maximum Gasteiger partial charge on any atom is 0.0709 e. The molecule has 3 aromatic rings. The lowest BCUT2D eigenvalue weighted by atomic mass is 9.96. The van der Waals surface area contributed by atoms with Crippen LogP contribution in [0, 0.1) is 0 Å². The average molecular weight is 403 g/mol. The summed E-state index contributed by atoms with van der Waals surface area (Å²) in [5.41, 5.74) is 6.72. The largest absolute Gasteiger partial charge is 0.395 e. The van der Waals surface area contributed by atoms with Crippen molar-refractivity contribution in [1.82, 2.24) is 14.6 Å². The highest BCUT2D eigenvalue weighted by Gasteiger charge is 2.24. The topological polar surface area (TPSA) is 67.3 Å². The molecule has 1 unspecified atom stereocenters. The van der Waals surface area contributed by atoms with Gasteiger partial charge in [-0.3, -0.25) is 9.58 Å². The molecule has 1 atom stereocenters. The van der Waals surface area contributed by atoms with Crippen LogP contribution in [0.1, 0.15) is 49.9 Å². The second kappa shape index (κ2) is 8.25. The molecule has 0 radical (unpaired) electrons. The summed E-state index contributed by atoms with van der Waals surface area (Å²) >= 11 is 0. The van der Waals surface area contributed by atoms with Crippen molar-refractivity contribution in [3.63, 3.8) is 0 Å². The molecule has 0 bridgehead atoms. The van der Waals surface area contributed by atoms with Crippen LogP contribution in [0.15, 0.2) is 48.5 Å². The van der Waals surface area contributed by atoms with Gasteiger partial charge < -0.3 is 10.9 Å². The van der Waals surface area contributed by atoms with E-state index in [-0.39, 0.29) is 12.6 Å². The van der Waals surface area contributed by atoms with Gasteiger partial charge in [0.2, 0.25) is 0 Å². The number of pyridine rings is 1. The van der Waals surface area contributed by atoms with Gasteiger partial charge in [0.25, 0.3) is 0 Å². The minimum Gasteiger partial charge on any atom is -0.395 e. The Balaban J connectivity index is 1.45. The maximum absolute atomic E-state index is 9.61. The highest BCUT2D eigenvalue weighted by Crippen LogP contribution is 2.30. The van der Waals surface area contributed by atoms with E-state index in [4.69, 9.17) is 10.8 Å². The molecule has 1 fully saturated rings. The molecule has 5 heteroatoms. The molecule has 1 aliphatic carbocycles. The molecule has 30 heavy (non-hydrogen) atoms. The zero-order valence-corrected chi connectivity index (χ0v) is 17.4. The van der Waals surface area contributed by atoms with Crippen LogP contribution in [0.2, 0.25) is 0 Å².